The number of rotatable bonds is 5. The molecule has 0 unspecified atom stereocenters. The summed E-state index contributed by atoms with van der Waals surface area (Å²) in [7, 11) is 0. The van der Waals surface area contributed by atoms with Crippen molar-refractivity contribution in [2.24, 2.45) is 0 Å². The van der Waals surface area contributed by atoms with E-state index in [2.05, 4.69) is 218 Å². The van der Waals surface area contributed by atoms with Gasteiger partial charge in [0.15, 0.2) is 0 Å². The van der Waals surface area contributed by atoms with Gasteiger partial charge in [-0.3, -0.25) is 0 Å². The third-order valence-electron chi connectivity index (χ3n) is 11.9. The molecule has 0 aliphatic heterocycles. The SMILES string of the molecule is c1ccc(-c2ccc3cccc(-c4c5ccccc5c(-c5cccc(C6(c7ccccc7)c7ccccc7-c7ccccc76)c5)c5ccccc45)c3c2)cc1. The van der Waals surface area contributed by atoms with Crippen molar-refractivity contribution in [3.63, 3.8) is 0 Å². The lowest BCUT2D eigenvalue weighted by Crippen LogP contribution is -2.28. The molecule has 0 bridgehead atoms. The minimum atomic E-state index is -0.463. The maximum Gasteiger partial charge on any atom is 0.0713 e. The molecule has 0 heterocycles. The Morgan fingerprint density at radius 3 is 1.40 bits per heavy atom. The molecule has 11 rings (SSSR count). The molecule has 10 aromatic rings. The van der Waals surface area contributed by atoms with Crippen LogP contribution < -0.4 is 0 Å². The quantitative estimate of drug-likeness (QED) is 0.157. The third kappa shape index (κ3) is 4.72. The van der Waals surface area contributed by atoms with Crippen molar-refractivity contribution in [2.75, 3.05) is 0 Å². The lowest BCUT2D eigenvalue weighted by molar-refractivity contribution is 0.769. The van der Waals surface area contributed by atoms with Crippen molar-refractivity contribution < 1.29 is 0 Å². The zero-order chi connectivity index (χ0) is 36.3. The van der Waals surface area contributed by atoms with Gasteiger partial charge in [-0.2, -0.15) is 0 Å². The van der Waals surface area contributed by atoms with Crippen molar-refractivity contribution in [3.05, 3.63) is 241 Å². The van der Waals surface area contributed by atoms with E-state index in [0.29, 0.717) is 0 Å². The minimum Gasteiger partial charge on any atom is -0.0622 e. The van der Waals surface area contributed by atoms with Crippen molar-refractivity contribution in [3.8, 4) is 44.5 Å². The highest BCUT2D eigenvalue weighted by atomic mass is 14.5. The topological polar surface area (TPSA) is 0 Å². The summed E-state index contributed by atoms with van der Waals surface area (Å²) in [6.45, 7) is 0. The van der Waals surface area contributed by atoms with E-state index in [9.17, 15) is 0 Å². The molecule has 0 amide bonds. The lowest BCUT2D eigenvalue weighted by atomic mass is 9.67. The highest BCUT2D eigenvalue weighted by Crippen LogP contribution is 2.56. The number of hydrogen-bond acceptors (Lipinski definition) is 0. The Hall–Kier alpha value is -7.02. The van der Waals surface area contributed by atoms with Gasteiger partial charge in [-0.25, -0.2) is 0 Å². The Labute approximate surface area is 321 Å². The van der Waals surface area contributed by atoms with Crippen LogP contribution in [0.25, 0.3) is 76.8 Å². The van der Waals surface area contributed by atoms with E-state index in [4.69, 9.17) is 0 Å². The number of fused-ring (bicyclic) bond motifs is 6. The molecule has 55 heavy (non-hydrogen) atoms. The van der Waals surface area contributed by atoms with Crippen LogP contribution in [-0.4, -0.2) is 0 Å². The van der Waals surface area contributed by atoms with Crippen LogP contribution in [0.1, 0.15) is 22.3 Å². The summed E-state index contributed by atoms with van der Waals surface area (Å²) in [4.78, 5) is 0. The van der Waals surface area contributed by atoms with Crippen LogP contribution in [0, 0.1) is 0 Å². The van der Waals surface area contributed by atoms with Crippen LogP contribution in [0.5, 0.6) is 0 Å². The molecule has 0 heteroatoms. The van der Waals surface area contributed by atoms with Gasteiger partial charge in [0.2, 0.25) is 0 Å². The zero-order valence-corrected chi connectivity index (χ0v) is 30.3. The largest absolute Gasteiger partial charge is 0.0713 e. The summed E-state index contributed by atoms with van der Waals surface area (Å²) in [6.07, 6.45) is 0. The Kier molecular flexibility index (Phi) is 7.19. The predicted octanol–water partition coefficient (Wildman–Crippen LogP) is 14.5. The van der Waals surface area contributed by atoms with E-state index in [1.807, 2.05) is 0 Å². The third-order valence-corrected chi connectivity index (χ3v) is 11.9. The maximum atomic E-state index is 2.48. The summed E-state index contributed by atoms with van der Waals surface area (Å²) < 4.78 is 0. The van der Waals surface area contributed by atoms with E-state index in [1.54, 1.807) is 0 Å². The Bertz CT molecular complexity index is 2980. The van der Waals surface area contributed by atoms with E-state index in [0.717, 1.165) is 0 Å². The summed E-state index contributed by atoms with van der Waals surface area (Å²) in [6, 6.07) is 80.9. The first-order valence-corrected chi connectivity index (χ1v) is 19.2. The number of benzene rings is 10. The molecule has 0 saturated carbocycles. The summed E-state index contributed by atoms with van der Waals surface area (Å²) in [5.74, 6) is 0. The molecule has 1 aliphatic rings. The van der Waals surface area contributed by atoms with Crippen LogP contribution in [0.3, 0.4) is 0 Å². The van der Waals surface area contributed by atoms with Crippen molar-refractivity contribution in [1.82, 2.24) is 0 Å². The first-order valence-electron chi connectivity index (χ1n) is 19.2. The molecule has 1 aliphatic carbocycles. The van der Waals surface area contributed by atoms with Crippen LogP contribution in [0.2, 0.25) is 0 Å². The van der Waals surface area contributed by atoms with Crippen LogP contribution in [-0.2, 0) is 5.41 Å². The zero-order valence-electron chi connectivity index (χ0n) is 30.3. The second-order valence-corrected chi connectivity index (χ2v) is 14.7. The highest BCUT2D eigenvalue weighted by molar-refractivity contribution is 6.23. The van der Waals surface area contributed by atoms with E-state index < -0.39 is 5.41 Å². The van der Waals surface area contributed by atoms with Gasteiger partial charge in [-0.15, -0.1) is 0 Å². The first-order chi connectivity index (χ1) is 27.3. The highest BCUT2D eigenvalue weighted by Gasteiger charge is 2.45. The molecule has 0 aromatic heterocycles. The summed E-state index contributed by atoms with van der Waals surface area (Å²) >= 11 is 0. The van der Waals surface area contributed by atoms with Crippen LogP contribution in [0.15, 0.2) is 218 Å². The van der Waals surface area contributed by atoms with Gasteiger partial charge in [0.05, 0.1) is 5.41 Å². The molecular formula is C55H36. The van der Waals surface area contributed by atoms with Gasteiger partial charge < -0.3 is 0 Å². The first kappa shape index (κ1) is 31.5. The molecule has 0 N–H and O–H groups in total. The van der Waals surface area contributed by atoms with Crippen molar-refractivity contribution in [1.29, 1.82) is 0 Å². The Balaban J connectivity index is 1.19. The molecule has 0 radical (unpaired) electrons. The molecule has 0 fully saturated rings. The second-order valence-electron chi connectivity index (χ2n) is 14.7. The van der Waals surface area contributed by atoms with Gasteiger partial charge in [0.25, 0.3) is 0 Å². The fraction of sp³-hybridized carbons (Fsp3) is 0.0182. The minimum absolute atomic E-state index is 0.463. The number of hydrogen-bond donors (Lipinski definition) is 0. The fourth-order valence-electron chi connectivity index (χ4n) is 9.65. The molecule has 10 aromatic carbocycles. The molecule has 0 nitrogen and oxygen atoms in total. The van der Waals surface area contributed by atoms with Gasteiger partial charge in [0, 0.05) is 0 Å². The van der Waals surface area contributed by atoms with Crippen molar-refractivity contribution >= 4 is 32.3 Å². The molecule has 256 valence electrons. The monoisotopic (exact) mass is 696 g/mol. The average molecular weight is 697 g/mol. The molecular weight excluding hydrogens is 661 g/mol. The smallest absolute Gasteiger partial charge is 0.0622 e. The molecule has 0 atom stereocenters. The maximum absolute atomic E-state index is 2.48. The summed E-state index contributed by atoms with van der Waals surface area (Å²) in [5, 5.41) is 7.53. The average Bonchev–Trinajstić information content (AvgIpc) is 3.57. The second kappa shape index (κ2) is 12.5. The van der Waals surface area contributed by atoms with E-state index in [1.165, 1.54) is 99.1 Å². The van der Waals surface area contributed by atoms with Gasteiger partial charge in [-0.05, 0) is 111 Å². The molecule has 0 saturated heterocycles. The van der Waals surface area contributed by atoms with Gasteiger partial charge in [-0.1, -0.05) is 206 Å². The van der Waals surface area contributed by atoms with Crippen LogP contribution in [0.4, 0.5) is 0 Å². The predicted molar refractivity (Wildman–Crippen MR) is 233 cm³/mol. The Morgan fingerprint density at radius 1 is 0.255 bits per heavy atom. The van der Waals surface area contributed by atoms with Gasteiger partial charge in [0.1, 0.15) is 0 Å². The van der Waals surface area contributed by atoms with Crippen molar-refractivity contribution in [2.45, 2.75) is 5.41 Å². The fourth-order valence-corrected chi connectivity index (χ4v) is 9.65. The van der Waals surface area contributed by atoms with E-state index >= 15 is 0 Å². The van der Waals surface area contributed by atoms with Gasteiger partial charge >= 0.3 is 0 Å². The van der Waals surface area contributed by atoms with Crippen LogP contribution >= 0.6 is 0 Å². The van der Waals surface area contributed by atoms with E-state index in [-0.39, 0.29) is 0 Å². The molecule has 0 spiro atoms. The summed E-state index contributed by atoms with van der Waals surface area (Å²) in [5.41, 5.74) is 14.8. The standard InChI is InChI=1S/C55H36/c1-3-17-37(18-4-1)39-34-33-38-19-16-30-49(50(38)36-39)54-47-28-9-7-26-45(47)53(46-27-8-10-29-48(46)54)40-20-15-23-42(35-40)55(41-21-5-2-6-22-41)51-31-13-11-24-43(51)44-25-12-14-32-52(44)55/h1-36H. The Morgan fingerprint density at radius 2 is 0.745 bits per heavy atom. The normalized spacial score (nSPS) is 12.9. The lowest BCUT2D eigenvalue weighted by Gasteiger charge is -2.34.